The first kappa shape index (κ1) is 7.80. The zero-order valence-electron chi connectivity index (χ0n) is 7.32. The normalized spacial score (nSPS) is 19.5. The molecule has 1 aromatic heterocycles. The van der Waals surface area contributed by atoms with Crippen LogP contribution in [0.25, 0.3) is 0 Å². The Labute approximate surface area is 72.0 Å². The molecular formula is C9H14N2O. The maximum atomic E-state index is 9.15. The minimum atomic E-state index is 0.0768. The fraction of sp³-hybridized carbons (Fsp3) is 0.667. The first-order valence-electron chi connectivity index (χ1n) is 4.44. The molecule has 1 aliphatic carbocycles. The molecular weight excluding hydrogens is 152 g/mol. The van der Waals surface area contributed by atoms with Gasteiger partial charge in [0, 0.05) is 18.2 Å². The Hall–Kier alpha value is -0.830. The molecule has 1 aromatic rings. The Morgan fingerprint density at radius 2 is 2.42 bits per heavy atom. The molecule has 66 valence electrons. The lowest BCUT2D eigenvalue weighted by Gasteiger charge is -2.06. The highest BCUT2D eigenvalue weighted by atomic mass is 16.3. The van der Waals surface area contributed by atoms with E-state index in [0.717, 1.165) is 19.4 Å². The van der Waals surface area contributed by atoms with Crippen LogP contribution in [0.5, 0.6) is 0 Å². The van der Waals surface area contributed by atoms with E-state index in [0.29, 0.717) is 0 Å². The summed E-state index contributed by atoms with van der Waals surface area (Å²) in [6, 6.07) is 0. The van der Waals surface area contributed by atoms with Crippen LogP contribution >= 0.6 is 0 Å². The van der Waals surface area contributed by atoms with Gasteiger partial charge in [-0.15, -0.1) is 0 Å². The van der Waals surface area contributed by atoms with Crippen LogP contribution in [0.1, 0.15) is 25.3 Å². The summed E-state index contributed by atoms with van der Waals surface area (Å²) in [5, 5.41) is 13.3. The lowest BCUT2D eigenvalue weighted by atomic mass is 10.0. The van der Waals surface area contributed by atoms with Crippen molar-refractivity contribution in [2.45, 2.75) is 31.7 Å². The number of hydrogen-bond donors (Lipinski definition) is 1. The van der Waals surface area contributed by atoms with Crippen LogP contribution < -0.4 is 0 Å². The largest absolute Gasteiger partial charge is 0.395 e. The highest BCUT2D eigenvalue weighted by Crippen LogP contribution is 2.47. The first-order chi connectivity index (χ1) is 5.80. The van der Waals surface area contributed by atoms with Crippen molar-refractivity contribution in [1.82, 2.24) is 9.78 Å². The van der Waals surface area contributed by atoms with Gasteiger partial charge in [-0.25, -0.2) is 0 Å². The number of nitrogens with zero attached hydrogens (tertiary/aromatic N) is 2. The van der Waals surface area contributed by atoms with Crippen molar-refractivity contribution in [3.63, 3.8) is 0 Å². The number of aryl methyl sites for hydroxylation is 1. The molecule has 0 radical (unpaired) electrons. The van der Waals surface area contributed by atoms with E-state index >= 15 is 0 Å². The molecule has 1 saturated carbocycles. The summed E-state index contributed by atoms with van der Waals surface area (Å²) in [6.45, 7) is 3.24. The number of aliphatic hydroxyl groups excluding tert-OH is 1. The van der Waals surface area contributed by atoms with E-state index in [9.17, 15) is 0 Å². The van der Waals surface area contributed by atoms with E-state index in [-0.39, 0.29) is 12.0 Å². The average molecular weight is 166 g/mol. The highest BCUT2D eigenvalue weighted by molar-refractivity contribution is 5.26. The van der Waals surface area contributed by atoms with Gasteiger partial charge in [0.15, 0.2) is 0 Å². The van der Waals surface area contributed by atoms with Gasteiger partial charge in [0.2, 0.25) is 0 Å². The van der Waals surface area contributed by atoms with Gasteiger partial charge < -0.3 is 5.11 Å². The Kier molecular flexibility index (Phi) is 1.68. The van der Waals surface area contributed by atoms with Crippen molar-refractivity contribution < 1.29 is 5.11 Å². The molecule has 0 saturated heterocycles. The Balaban J connectivity index is 2.23. The van der Waals surface area contributed by atoms with Crippen molar-refractivity contribution in [2.75, 3.05) is 6.61 Å². The third-order valence-electron chi connectivity index (χ3n) is 2.73. The van der Waals surface area contributed by atoms with Gasteiger partial charge in [-0.1, -0.05) is 0 Å². The van der Waals surface area contributed by atoms with Crippen LogP contribution in [0.15, 0.2) is 12.4 Å². The van der Waals surface area contributed by atoms with Crippen molar-refractivity contribution in [3.8, 4) is 0 Å². The third-order valence-corrected chi connectivity index (χ3v) is 2.73. The second-order valence-corrected chi connectivity index (χ2v) is 3.52. The summed E-state index contributed by atoms with van der Waals surface area (Å²) >= 11 is 0. The monoisotopic (exact) mass is 166 g/mol. The fourth-order valence-electron chi connectivity index (χ4n) is 1.50. The van der Waals surface area contributed by atoms with Gasteiger partial charge in [0.25, 0.3) is 0 Å². The van der Waals surface area contributed by atoms with Crippen molar-refractivity contribution in [3.05, 3.63) is 18.0 Å². The van der Waals surface area contributed by atoms with Crippen LogP contribution in [0.2, 0.25) is 0 Å². The molecule has 0 unspecified atom stereocenters. The lowest BCUT2D eigenvalue weighted by Crippen LogP contribution is -2.10. The molecule has 1 fully saturated rings. The highest BCUT2D eigenvalue weighted by Gasteiger charge is 2.44. The molecule has 2 rings (SSSR count). The molecule has 1 N–H and O–H groups in total. The van der Waals surface area contributed by atoms with E-state index in [2.05, 4.69) is 12.0 Å². The molecule has 0 atom stereocenters. The predicted molar refractivity (Wildman–Crippen MR) is 45.9 cm³/mol. The Morgan fingerprint density at radius 1 is 1.67 bits per heavy atom. The van der Waals surface area contributed by atoms with Crippen LogP contribution in [0, 0.1) is 0 Å². The number of rotatable bonds is 3. The van der Waals surface area contributed by atoms with Gasteiger partial charge in [0.1, 0.15) is 0 Å². The van der Waals surface area contributed by atoms with Gasteiger partial charge in [-0.05, 0) is 25.3 Å². The second-order valence-electron chi connectivity index (χ2n) is 3.52. The molecule has 0 spiro atoms. The van der Waals surface area contributed by atoms with Gasteiger partial charge >= 0.3 is 0 Å². The number of hydrogen-bond acceptors (Lipinski definition) is 2. The fourth-order valence-corrected chi connectivity index (χ4v) is 1.50. The summed E-state index contributed by atoms with van der Waals surface area (Å²) in [4.78, 5) is 0. The predicted octanol–water partition coefficient (Wildman–Crippen LogP) is 0.927. The van der Waals surface area contributed by atoms with Crippen molar-refractivity contribution in [2.24, 2.45) is 0 Å². The smallest absolute Gasteiger partial charge is 0.0529 e. The summed E-state index contributed by atoms with van der Waals surface area (Å²) in [7, 11) is 0. The molecule has 0 amide bonds. The van der Waals surface area contributed by atoms with Gasteiger partial charge in [-0.3, -0.25) is 4.68 Å². The number of aliphatic hydroxyl groups is 1. The minimum Gasteiger partial charge on any atom is -0.395 e. The van der Waals surface area contributed by atoms with E-state index < -0.39 is 0 Å². The number of aromatic nitrogens is 2. The molecule has 3 nitrogen and oxygen atoms in total. The molecule has 1 heterocycles. The van der Waals surface area contributed by atoms with Crippen LogP contribution in [-0.2, 0) is 12.0 Å². The standard InChI is InChI=1S/C9H14N2O/c1-2-11-6-8(5-10-11)9(7-12)3-4-9/h5-6,12H,2-4,7H2,1H3. The third kappa shape index (κ3) is 1.05. The summed E-state index contributed by atoms with van der Waals surface area (Å²) in [5.41, 5.74) is 1.28. The van der Waals surface area contributed by atoms with E-state index in [1.54, 1.807) is 0 Å². The molecule has 1 aliphatic rings. The molecule has 0 aromatic carbocycles. The van der Waals surface area contributed by atoms with E-state index in [1.807, 2.05) is 17.1 Å². The molecule has 3 heteroatoms. The van der Waals surface area contributed by atoms with E-state index in [4.69, 9.17) is 5.11 Å². The molecule has 0 bridgehead atoms. The first-order valence-corrected chi connectivity index (χ1v) is 4.44. The Morgan fingerprint density at radius 3 is 2.83 bits per heavy atom. The maximum absolute atomic E-state index is 9.15. The summed E-state index contributed by atoms with van der Waals surface area (Å²) in [5.74, 6) is 0. The van der Waals surface area contributed by atoms with Crippen molar-refractivity contribution in [1.29, 1.82) is 0 Å². The van der Waals surface area contributed by atoms with Crippen LogP contribution in [0.3, 0.4) is 0 Å². The zero-order valence-corrected chi connectivity index (χ0v) is 7.32. The second kappa shape index (κ2) is 2.59. The Bertz CT molecular complexity index is 276. The van der Waals surface area contributed by atoms with Gasteiger partial charge in [0.05, 0.1) is 12.8 Å². The van der Waals surface area contributed by atoms with Crippen LogP contribution in [-0.4, -0.2) is 21.5 Å². The quantitative estimate of drug-likeness (QED) is 0.725. The van der Waals surface area contributed by atoms with Gasteiger partial charge in [-0.2, -0.15) is 5.10 Å². The maximum Gasteiger partial charge on any atom is 0.0529 e. The molecule has 0 aliphatic heterocycles. The van der Waals surface area contributed by atoms with Crippen LogP contribution in [0.4, 0.5) is 0 Å². The van der Waals surface area contributed by atoms with E-state index in [1.165, 1.54) is 5.56 Å². The summed E-state index contributed by atoms with van der Waals surface area (Å²) in [6.07, 6.45) is 6.15. The SMILES string of the molecule is CCn1cc(C2(CO)CC2)cn1. The molecule has 12 heavy (non-hydrogen) atoms. The van der Waals surface area contributed by atoms with Crippen molar-refractivity contribution >= 4 is 0 Å². The topological polar surface area (TPSA) is 38.0 Å². The summed E-state index contributed by atoms with van der Waals surface area (Å²) < 4.78 is 1.91. The minimum absolute atomic E-state index is 0.0768. The average Bonchev–Trinajstić information content (AvgIpc) is 2.77. The lowest BCUT2D eigenvalue weighted by molar-refractivity contribution is 0.255. The zero-order chi connectivity index (χ0) is 8.60.